The van der Waals surface area contributed by atoms with Gasteiger partial charge in [-0.15, -0.1) is 0 Å². The summed E-state index contributed by atoms with van der Waals surface area (Å²) in [6.45, 7) is 1.16. The Bertz CT molecular complexity index is 1050. The van der Waals surface area contributed by atoms with Gasteiger partial charge in [-0.2, -0.15) is 4.98 Å². The number of halogens is 1. The van der Waals surface area contributed by atoms with Crippen LogP contribution >= 0.6 is 11.6 Å². The quantitative estimate of drug-likeness (QED) is 0.470. The normalized spacial score (nSPS) is 24.4. The van der Waals surface area contributed by atoms with E-state index in [1.54, 1.807) is 6.07 Å². The van der Waals surface area contributed by atoms with Crippen LogP contribution in [0.15, 0.2) is 30.3 Å². The highest BCUT2D eigenvalue weighted by atomic mass is 35.5. The van der Waals surface area contributed by atoms with Gasteiger partial charge in [0.05, 0.1) is 35.6 Å². The minimum Gasteiger partial charge on any atom is -0.456 e. The first-order chi connectivity index (χ1) is 14.5. The van der Waals surface area contributed by atoms with E-state index >= 15 is 0 Å². The molecule has 0 bridgehead atoms. The molecule has 0 saturated carbocycles. The average Bonchev–Trinajstić information content (AvgIpc) is 3.27. The molecule has 0 spiro atoms. The number of H-pyrrole nitrogens is 1. The zero-order valence-electron chi connectivity index (χ0n) is 15.9. The van der Waals surface area contributed by atoms with Gasteiger partial charge < -0.3 is 34.7 Å². The Morgan fingerprint density at radius 3 is 2.63 bits per heavy atom. The molecule has 9 nitrogen and oxygen atoms in total. The molecule has 3 atom stereocenters. The molecule has 0 radical (unpaired) electrons. The van der Waals surface area contributed by atoms with E-state index in [1.165, 1.54) is 0 Å². The zero-order chi connectivity index (χ0) is 20.8. The van der Waals surface area contributed by atoms with Gasteiger partial charge in [-0.25, -0.2) is 4.98 Å². The molecule has 0 amide bonds. The second kappa shape index (κ2) is 7.68. The van der Waals surface area contributed by atoms with Gasteiger partial charge in [0, 0.05) is 24.3 Å². The molecule has 4 N–H and O–H groups in total. The lowest BCUT2D eigenvalue weighted by molar-refractivity contribution is -0.00390. The molecule has 30 heavy (non-hydrogen) atoms. The fourth-order valence-electron chi connectivity index (χ4n) is 3.71. The fourth-order valence-corrected chi connectivity index (χ4v) is 3.97. The first-order valence-electron chi connectivity index (χ1n) is 9.68. The number of aromatic amines is 1. The molecular weight excluding hydrogens is 412 g/mol. The second-order valence-corrected chi connectivity index (χ2v) is 7.95. The van der Waals surface area contributed by atoms with E-state index in [1.807, 2.05) is 24.3 Å². The number of pyridine rings is 1. The Hall–Kier alpha value is -2.43. The number of aromatic nitrogens is 3. The fraction of sp³-hybridized carbons (Fsp3) is 0.400. The summed E-state index contributed by atoms with van der Waals surface area (Å²) < 4.78 is 11.0. The summed E-state index contributed by atoms with van der Waals surface area (Å²) in [6.07, 6.45) is -2.50. The van der Waals surface area contributed by atoms with Crippen LogP contribution in [0, 0.1) is 0 Å². The van der Waals surface area contributed by atoms with Crippen LogP contribution < -0.4 is 9.64 Å². The summed E-state index contributed by atoms with van der Waals surface area (Å²) in [5, 5.41) is 29.2. The number of hydrogen-bond donors (Lipinski definition) is 4. The van der Waals surface area contributed by atoms with Crippen LogP contribution in [0.25, 0.3) is 22.4 Å². The third-order valence-electron chi connectivity index (χ3n) is 5.45. The van der Waals surface area contributed by atoms with Gasteiger partial charge >= 0.3 is 0 Å². The molecule has 2 aliphatic rings. The predicted molar refractivity (Wildman–Crippen MR) is 110 cm³/mol. The van der Waals surface area contributed by atoms with Crippen molar-refractivity contribution in [2.75, 3.05) is 31.2 Å². The minimum absolute atomic E-state index is 0.156. The maximum absolute atomic E-state index is 10.1. The summed E-state index contributed by atoms with van der Waals surface area (Å²) in [4.78, 5) is 14.0. The van der Waals surface area contributed by atoms with Crippen molar-refractivity contribution in [3.8, 4) is 17.3 Å². The third kappa shape index (κ3) is 3.48. The Morgan fingerprint density at radius 1 is 1.20 bits per heavy atom. The molecule has 2 aromatic heterocycles. The Kier molecular flexibility index (Phi) is 5.00. The molecule has 2 saturated heterocycles. The van der Waals surface area contributed by atoms with Crippen LogP contribution in [0.3, 0.4) is 0 Å². The number of nitrogens with zero attached hydrogens (tertiary/aromatic N) is 3. The smallest absolute Gasteiger partial charge is 0.296 e. The Labute approximate surface area is 176 Å². The van der Waals surface area contributed by atoms with Gasteiger partial charge in [0.15, 0.2) is 11.8 Å². The number of aliphatic hydroxyl groups is 3. The molecule has 3 aromatic rings. The van der Waals surface area contributed by atoms with E-state index in [-0.39, 0.29) is 25.3 Å². The number of hydrogen-bond acceptors (Lipinski definition) is 8. The lowest BCUT2D eigenvalue weighted by Crippen LogP contribution is -2.50. The van der Waals surface area contributed by atoms with Crippen molar-refractivity contribution < 1.29 is 24.8 Å². The van der Waals surface area contributed by atoms with Crippen LogP contribution in [0.2, 0.25) is 5.02 Å². The molecule has 0 aliphatic carbocycles. The number of anilines is 1. The molecule has 4 heterocycles. The number of β-amino-alcohol motifs (C(OH)–C–C–N with tert-alkyl or cyclic N) is 1. The van der Waals surface area contributed by atoms with E-state index < -0.39 is 18.3 Å². The van der Waals surface area contributed by atoms with Gasteiger partial charge in [-0.3, -0.25) is 0 Å². The number of benzene rings is 1. The van der Waals surface area contributed by atoms with Gasteiger partial charge in [0.25, 0.3) is 6.01 Å². The van der Waals surface area contributed by atoms with Gasteiger partial charge in [0.2, 0.25) is 0 Å². The number of rotatable bonds is 5. The molecule has 2 aliphatic heterocycles. The lowest BCUT2D eigenvalue weighted by atomic mass is 10.1. The van der Waals surface area contributed by atoms with Crippen molar-refractivity contribution in [1.82, 2.24) is 15.0 Å². The summed E-state index contributed by atoms with van der Waals surface area (Å²) in [5.74, 6) is 0. The molecule has 1 aromatic carbocycles. The van der Waals surface area contributed by atoms with Crippen LogP contribution in [-0.4, -0.2) is 81.0 Å². The van der Waals surface area contributed by atoms with Crippen LogP contribution in [0.4, 0.5) is 5.69 Å². The highest BCUT2D eigenvalue weighted by Gasteiger charge is 2.37. The van der Waals surface area contributed by atoms with E-state index in [9.17, 15) is 15.3 Å². The van der Waals surface area contributed by atoms with Crippen molar-refractivity contribution in [2.45, 2.75) is 24.4 Å². The van der Waals surface area contributed by atoms with E-state index in [4.69, 9.17) is 21.1 Å². The monoisotopic (exact) mass is 432 g/mol. The highest BCUT2D eigenvalue weighted by Crippen LogP contribution is 2.32. The third-order valence-corrected chi connectivity index (χ3v) is 5.74. The predicted octanol–water partition coefficient (Wildman–Crippen LogP) is 0.959. The van der Waals surface area contributed by atoms with Gasteiger partial charge in [-0.05, 0) is 18.2 Å². The van der Waals surface area contributed by atoms with E-state index in [0.717, 1.165) is 11.3 Å². The molecule has 5 rings (SSSR count). The maximum atomic E-state index is 10.1. The first kappa shape index (κ1) is 19.5. The lowest BCUT2D eigenvalue weighted by Gasteiger charge is -2.37. The van der Waals surface area contributed by atoms with E-state index in [0.29, 0.717) is 35.0 Å². The van der Waals surface area contributed by atoms with E-state index in [2.05, 4.69) is 19.9 Å². The first-order valence-corrected chi connectivity index (χ1v) is 10.1. The molecular formula is C20H21ClN4O5. The number of aliphatic hydroxyl groups excluding tert-OH is 3. The zero-order valence-corrected chi connectivity index (χ0v) is 16.7. The van der Waals surface area contributed by atoms with Crippen LogP contribution in [-0.2, 0) is 4.74 Å². The summed E-state index contributed by atoms with van der Waals surface area (Å²) in [6, 6.07) is 9.75. The number of fused-ring (bicyclic) bond motifs is 1. The molecule has 3 unspecified atom stereocenters. The standard InChI is InChI=1S/C20H21ClN4O5/c21-13-5-14-19(24-20(22-14)30-16-9-29-15(8-26)18(16)28)23-17(13)10-1-3-11(4-2-10)25-6-12(27)7-25/h1-5,12,15-16,18,26-28H,6-9H2,(H,22,23,24). The van der Waals surface area contributed by atoms with Gasteiger partial charge in [-0.1, -0.05) is 23.7 Å². The summed E-state index contributed by atoms with van der Waals surface area (Å²) in [5.41, 5.74) is 3.53. The Balaban J connectivity index is 1.37. The maximum Gasteiger partial charge on any atom is 0.296 e. The van der Waals surface area contributed by atoms with Gasteiger partial charge in [0.1, 0.15) is 12.2 Å². The Morgan fingerprint density at radius 2 is 1.97 bits per heavy atom. The van der Waals surface area contributed by atoms with Crippen molar-refractivity contribution >= 4 is 28.5 Å². The SMILES string of the molecule is OCC1OCC(Oc2nc3nc(-c4ccc(N5CC(O)C5)cc4)c(Cl)cc3[nH]2)C1O. The molecule has 2 fully saturated rings. The minimum atomic E-state index is -0.943. The number of ether oxygens (including phenoxy) is 2. The van der Waals surface area contributed by atoms with Crippen molar-refractivity contribution in [3.05, 3.63) is 35.4 Å². The largest absolute Gasteiger partial charge is 0.456 e. The number of nitrogens with one attached hydrogen (secondary N) is 1. The van der Waals surface area contributed by atoms with Crippen LogP contribution in [0.1, 0.15) is 0 Å². The second-order valence-electron chi connectivity index (χ2n) is 7.54. The molecule has 158 valence electrons. The highest BCUT2D eigenvalue weighted by molar-refractivity contribution is 6.33. The summed E-state index contributed by atoms with van der Waals surface area (Å²) >= 11 is 6.46. The van der Waals surface area contributed by atoms with Crippen molar-refractivity contribution in [1.29, 1.82) is 0 Å². The topological polar surface area (TPSA) is 124 Å². The van der Waals surface area contributed by atoms with Crippen molar-refractivity contribution in [3.63, 3.8) is 0 Å². The average molecular weight is 433 g/mol. The van der Waals surface area contributed by atoms with Crippen LogP contribution in [0.5, 0.6) is 6.01 Å². The number of imidazole rings is 1. The molecule has 10 heteroatoms. The van der Waals surface area contributed by atoms with Crippen molar-refractivity contribution in [2.24, 2.45) is 0 Å². The summed E-state index contributed by atoms with van der Waals surface area (Å²) in [7, 11) is 0.